The number of pyridine rings is 1. The number of nitrogens with one attached hydrogen (secondary N) is 1. The molecule has 2 nitrogen and oxygen atoms in total. The Morgan fingerprint density at radius 2 is 1.96 bits per heavy atom. The minimum absolute atomic E-state index is 0.452. The first-order valence-corrected chi connectivity index (χ1v) is 8.70. The zero-order chi connectivity index (χ0) is 16.1. The predicted octanol–water partition coefficient (Wildman–Crippen LogP) is 5.37. The third-order valence-electron chi connectivity index (χ3n) is 4.31. The summed E-state index contributed by atoms with van der Waals surface area (Å²) in [5.74, 6) is 0.522. The molecule has 4 heteroatoms. The Morgan fingerprint density at radius 1 is 1.09 bits per heavy atom. The third kappa shape index (κ3) is 4.57. The van der Waals surface area contributed by atoms with Gasteiger partial charge in [0.2, 0.25) is 0 Å². The summed E-state index contributed by atoms with van der Waals surface area (Å²) in [5, 5.41) is 4.86. The van der Waals surface area contributed by atoms with Crippen LogP contribution < -0.4 is 5.32 Å². The van der Waals surface area contributed by atoms with E-state index in [1.54, 1.807) is 0 Å². The lowest BCUT2D eigenvalue weighted by atomic mass is 9.91. The summed E-state index contributed by atoms with van der Waals surface area (Å²) in [5.41, 5.74) is 2.48. The highest BCUT2D eigenvalue weighted by molar-refractivity contribution is 6.42. The van der Waals surface area contributed by atoms with E-state index in [9.17, 15) is 0 Å². The first kappa shape index (κ1) is 16.5. The molecule has 1 aliphatic rings. The van der Waals surface area contributed by atoms with Crippen molar-refractivity contribution in [3.63, 3.8) is 0 Å². The number of nitrogens with zero attached hydrogens (tertiary/aromatic N) is 1. The molecule has 0 radical (unpaired) electrons. The fourth-order valence-electron chi connectivity index (χ4n) is 3.02. The molecule has 3 rings (SSSR count). The monoisotopic (exact) mass is 346 g/mol. The lowest BCUT2D eigenvalue weighted by Crippen LogP contribution is -2.29. The molecule has 0 spiro atoms. The fourth-order valence-corrected chi connectivity index (χ4v) is 3.35. The van der Waals surface area contributed by atoms with E-state index < -0.39 is 0 Å². The van der Waals surface area contributed by atoms with E-state index in [0.717, 1.165) is 31.4 Å². The van der Waals surface area contributed by atoms with Crippen molar-refractivity contribution in [3.05, 3.63) is 76.0 Å². The molecular weight excluding hydrogens is 327 g/mol. The lowest BCUT2D eigenvalue weighted by Gasteiger charge is -2.21. The third-order valence-corrected chi connectivity index (χ3v) is 5.05. The summed E-state index contributed by atoms with van der Waals surface area (Å²) in [4.78, 5) is 4.26. The number of hydrogen-bond donors (Lipinski definition) is 1. The lowest BCUT2D eigenvalue weighted by molar-refractivity contribution is 0.449. The van der Waals surface area contributed by atoms with Gasteiger partial charge in [-0.15, -0.1) is 0 Å². The molecule has 1 aromatic carbocycles. The van der Waals surface area contributed by atoms with Gasteiger partial charge in [0.25, 0.3) is 0 Å². The van der Waals surface area contributed by atoms with Gasteiger partial charge >= 0.3 is 0 Å². The highest BCUT2D eigenvalue weighted by Gasteiger charge is 2.19. The van der Waals surface area contributed by atoms with Crippen molar-refractivity contribution < 1.29 is 0 Å². The Kier molecular flexibility index (Phi) is 5.71. The van der Waals surface area contributed by atoms with Crippen LogP contribution in [0.15, 0.2) is 54.9 Å². The number of halogens is 2. The van der Waals surface area contributed by atoms with E-state index in [-0.39, 0.29) is 0 Å². The van der Waals surface area contributed by atoms with Crippen LogP contribution in [0.4, 0.5) is 0 Å². The van der Waals surface area contributed by atoms with Crippen molar-refractivity contribution in [1.82, 2.24) is 10.3 Å². The van der Waals surface area contributed by atoms with Crippen LogP contribution in [0.5, 0.6) is 0 Å². The largest absolute Gasteiger partial charge is 0.310 e. The van der Waals surface area contributed by atoms with Crippen molar-refractivity contribution in [2.75, 3.05) is 0 Å². The van der Waals surface area contributed by atoms with E-state index in [4.69, 9.17) is 23.2 Å². The molecule has 0 saturated carbocycles. The molecule has 0 saturated heterocycles. The number of allylic oxidation sites excluding steroid dienone is 1. The maximum atomic E-state index is 6.09. The van der Waals surface area contributed by atoms with Crippen molar-refractivity contribution in [1.29, 1.82) is 0 Å². The van der Waals surface area contributed by atoms with Crippen LogP contribution in [0.1, 0.15) is 36.3 Å². The Hall–Kier alpha value is -1.35. The number of hydrogen-bond acceptors (Lipinski definition) is 2. The molecule has 2 unspecified atom stereocenters. The quantitative estimate of drug-likeness (QED) is 0.752. The average Bonchev–Trinajstić information content (AvgIpc) is 2.82. The zero-order valence-electron chi connectivity index (χ0n) is 12.9. The van der Waals surface area contributed by atoms with Crippen molar-refractivity contribution in [2.24, 2.45) is 0 Å². The molecule has 0 fully saturated rings. The molecule has 0 amide bonds. The van der Waals surface area contributed by atoms with Gasteiger partial charge in [0.1, 0.15) is 0 Å². The Bertz CT molecular complexity index is 670. The van der Waals surface area contributed by atoms with Gasteiger partial charge in [-0.25, -0.2) is 0 Å². The van der Waals surface area contributed by atoms with Crippen molar-refractivity contribution in [2.45, 2.75) is 37.8 Å². The highest BCUT2D eigenvalue weighted by Crippen LogP contribution is 2.29. The van der Waals surface area contributed by atoms with Crippen LogP contribution in [0.3, 0.4) is 0 Å². The van der Waals surface area contributed by atoms with Gasteiger partial charge in [0.05, 0.1) is 10.0 Å². The Balaban J connectivity index is 1.63. The number of benzene rings is 1. The molecular formula is C19H20Cl2N2. The SMILES string of the molecule is Clc1ccc(CNC2CC=CCC(c3cccnc3)C2)cc1Cl. The summed E-state index contributed by atoms with van der Waals surface area (Å²) in [6.07, 6.45) is 11.6. The summed E-state index contributed by atoms with van der Waals surface area (Å²) < 4.78 is 0. The standard InChI is InChI=1S/C19H20Cl2N2/c20-18-8-7-14(10-19(18)21)12-23-17-6-2-1-4-15(11-17)16-5-3-9-22-13-16/h1-3,5,7-10,13,15,17,23H,4,6,11-12H2. The molecule has 1 N–H and O–H groups in total. The maximum Gasteiger partial charge on any atom is 0.0595 e. The van der Waals surface area contributed by atoms with Crippen LogP contribution in [0, 0.1) is 0 Å². The van der Waals surface area contributed by atoms with E-state index >= 15 is 0 Å². The minimum Gasteiger partial charge on any atom is -0.310 e. The van der Waals surface area contributed by atoms with Crippen molar-refractivity contribution in [3.8, 4) is 0 Å². The highest BCUT2D eigenvalue weighted by atomic mass is 35.5. The Labute approximate surface area is 147 Å². The smallest absolute Gasteiger partial charge is 0.0595 e. The molecule has 120 valence electrons. The topological polar surface area (TPSA) is 24.9 Å². The Morgan fingerprint density at radius 3 is 2.74 bits per heavy atom. The van der Waals surface area contributed by atoms with Gasteiger partial charge in [-0.2, -0.15) is 0 Å². The molecule has 1 aliphatic carbocycles. The molecule has 23 heavy (non-hydrogen) atoms. The molecule has 0 aliphatic heterocycles. The van der Waals surface area contributed by atoms with E-state index in [1.807, 2.05) is 36.7 Å². The van der Waals surface area contributed by atoms with Gasteiger partial charge in [0, 0.05) is 25.0 Å². The van der Waals surface area contributed by atoms with E-state index in [2.05, 4.69) is 28.5 Å². The zero-order valence-corrected chi connectivity index (χ0v) is 14.4. The summed E-state index contributed by atoms with van der Waals surface area (Å²) >= 11 is 12.1. The van der Waals surface area contributed by atoms with Gasteiger partial charge in [0.15, 0.2) is 0 Å². The number of rotatable bonds is 4. The van der Waals surface area contributed by atoms with Crippen LogP contribution in [-0.2, 0) is 6.54 Å². The molecule has 0 bridgehead atoms. The maximum absolute atomic E-state index is 6.09. The van der Waals surface area contributed by atoms with Crippen molar-refractivity contribution >= 4 is 23.2 Å². The second-order valence-electron chi connectivity index (χ2n) is 5.99. The van der Waals surface area contributed by atoms with Gasteiger partial charge in [-0.05, 0) is 54.5 Å². The van der Waals surface area contributed by atoms with Gasteiger partial charge in [-0.1, -0.05) is 47.5 Å². The predicted molar refractivity (Wildman–Crippen MR) is 97.1 cm³/mol. The van der Waals surface area contributed by atoms with Crippen LogP contribution in [0.2, 0.25) is 10.0 Å². The molecule has 1 heterocycles. The first-order valence-electron chi connectivity index (χ1n) is 7.94. The van der Waals surface area contributed by atoms with E-state index in [1.165, 1.54) is 5.56 Å². The van der Waals surface area contributed by atoms with Crippen LogP contribution >= 0.6 is 23.2 Å². The summed E-state index contributed by atoms with van der Waals surface area (Å²) in [6, 6.07) is 10.4. The van der Waals surface area contributed by atoms with Crippen LogP contribution in [-0.4, -0.2) is 11.0 Å². The summed E-state index contributed by atoms with van der Waals surface area (Å²) in [6.45, 7) is 0.801. The normalized spacial score (nSPS) is 21.1. The van der Waals surface area contributed by atoms with Gasteiger partial charge < -0.3 is 5.32 Å². The fraction of sp³-hybridized carbons (Fsp3) is 0.316. The average molecular weight is 347 g/mol. The molecule has 2 aromatic rings. The minimum atomic E-state index is 0.452. The first-order chi connectivity index (χ1) is 11.2. The van der Waals surface area contributed by atoms with Gasteiger partial charge in [-0.3, -0.25) is 4.98 Å². The van der Waals surface area contributed by atoms with Crippen LogP contribution in [0.25, 0.3) is 0 Å². The second kappa shape index (κ2) is 7.96. The summed E-state index contributed by atoms with van der Waals surface area (Å²) in [7, 11) is 0. The molecule has 2 atom stereocenters. The van der Waals surface area contributed by atoms with E-state index in [0.29, 0.717) is 22.0 Å². The second-order valence-corrected chi connectivity index (χ2v) is 6.80. The molecule has 1 aromatic heterocycles. The number of aromatic nitrogens is 1.